The average Bonchev–Trinajstić information content (AvgIpc) is 2.76. The number of aromatic nitrogens is 1. The molecule has 2 heterocycles. The van der Waals surface area contributed by atoms with Crippen molar-refractivity contribution < 1.29 is 9.52 Å². The van der Waals surface area contributed by atoms with Crippen LogP contribution in [0.5, 0.6) is 0 Å². The van der Waals surface area contributed by atoms with Crippen molar-refractivity contribution in [2.24, 2.45) is 0 Å². The van der Waals surface area contributed by atoms with Crippen LogP contribution in [0.25, 0.3) is 0 Å². The molecule has 1 unspecified atom stereocenters. The molecule has 1 aromatic rings. The molecule has 1 saturated heterocycles. The van der Waals surface area contributed by atoms with Gasteiger partial charge in [-0.2, -0.15) is 11.8 Å². The zero-order valence-corrected chi connectivity index (χ0v) is 8.22. The van der Waals surface area contributed by atoms with Crippen LogP contribution in [0.3, 0.4) is 0 Å². The lowest BCUT2D eigenvalue weighted by atomic mass is 10.2. The van der Waals surface area contributed by atoms with Crippen LogP contribution in [-0.2, 0) is 13.0 Å². The van der Waals surface area contributed by atoms with Gasteiger partial charge in [0.15, 0.2) is 5.89 Å². The van der Waals surface area contributed by atoms with Crippen molar-refractivity contribution in [1.29, 1.82) is 0 Å². The van der Waals surface area contributed by atoms with Crippen LogP contribution in [0, 0.1) is 0 Å². The molecule has 0 bridgehead atoms. The molecule has 13 heavy (non-hydrogen) atoms. The van der Waals surface area contributed by atoms with Gasteiger partial charge in [-0.05, 0) is 18.6 Å². The van der Waals surface area contributed by atoms with E-state index in [2.05, 4.69) is 4.98 Å². The van der Waals surface area contributed by atoms with Crippen molar-refractivity contribution in [3.05, 3.63) is 17.8 Å². The Morgan fingerprint density at radius 1 is 1.69 bits per heavy atom. The average molecular weight is 199 g/mol. The molecule has 0 spiro atoms. The summed E-state index contributed by atoms with van der Waals surface area (Å²) < 4.78 is 5.32. The van der Waals surface area contributed by atoms with E-state index in [0.29, 0.717) is 11.0 Å². The Balaban J connectivity index is 1.92. The van der Waals surface area contributed by atoms with E-state index < -0.39 is 0 Å². The minimum Gasteiger partial charge on any atom is -0.443 e. The maximum absolute atomic E-state index is 8.77. The Bertz CT molecular complexity index is 268. The highest BCUT2D eigenvalue weighted by Gasteiger charge is 2.18. The van der Waals surface area contributed by atoms with Gasteiger partial charge in [0, 0.05) is 11.7 Å². The summed E-state index contributed by atoms with van der Waals surface area (Å²) in [6.07, 6.45) is 5.09. The van der Waals surface area contributed by atoms with Crippen molar-refractivity contribution in [2.45, 2.75) is 31.1 Å². The Labute approximate surface area is 81.5 Å². The van der Waals surface area contributed by atoms with Crippen molar-refractivity contribution >= 4 is 11.8 Å². The Morgan fingerprint density at radius 3 is 3.23 bits per heavy atom. The second-order valence-electron chi connectivity index (χ2n) is 3.22. The van der Waals surface area contributed by atoms with E-state index in [1.54, 1.807) is 6.20 Å². The quantitative estimate of drug-likeness (QED) is 0.803. The minimum atomic E-state index is -0.0508. The standard InChI is InChI=1S/C9H13NO2S/c11-6-7-5-10-9(12-7)4-8-2-1-3-13-8/h5,8,11H,1-4,6H2. The first-order chi connectivity index (χ1) is 6.38. The van der Waals surface area contributed by atoms with Crippen LogP contribution in [-0.4, -0.2) is 21.1 Å². The molecular weight excluding hydrogens is 186 g/mol. The molecule has 1 aliphatic rings. The maximum Gasteiger partial charge on any atom is 0.195 e. The molecule has 0 saturated carbocycles. The molecule has 1 aromatic heterocycles. The molecule has 0 aromatic carbocycles. The van der Waals surface area contributed by atoms with Gasteiger partial charge < -0.3 is 9.52 Å². The van der Waals surface area contributed by atoms with Crippen LogP contribution < -0.4 is 0 Å². The number of aliphatic hydroxyl groups is 1. The van der Waals surface area contributed by atoms with E-state index in [1.807, 2.05) is 11.8 Å². The highest BCUT2D eigenvalue weighted by atomic mass is 32.2. The van der Waals surface area contributed by atoms with E-state index in [1.165, 1.54) is 18.6 Å². The van der Waals surface area contributed by atoms with Crippen molar-refractivity contribution in [3.8, 4) is 0 Å². The number of rotatable bonds is 3. The predicted octanol–water partition coefficient (Wildman–Crippen LogP) is 1.60. The van der Waals surface area contributed by atoms with E-state index in [9.17, 15) is 0 Å². The van der Waals surface area contributed by atoms with Gasteiger partial charge in [0.25, 0.3) is 0 Å². The number of aliphatic hydroxyl groups excluding tert-OH is 1. The number of nitrogens with zero attached hydrogens (tertiary/aromatic N) is 1. The van der Waals surface area contributed by atoms with Crippen LogP contribution in [0.15, 0.2) is 10.6 Å². The first-order valence-corrected chi connectivity index (χ1v) is 5.59. The zero-order valence-electron chi connectivity index (χ0n) is 7.40. The lowest BCUT2D eigenvalue weighted by Crippen LogP contribution is -2.01. The normalized spacial score (nSPS) is 22.4. The summed E-state index contributed by atoms with van der Waals surface area (Å²) >= 11 is 1.99. The van der Waals surface area contributed by atoms with E-state index in [0.717, 1.165) is 12.3 Å². The van der Waals surface area contributed by atoms with Gasteiger partial charge in [-0.15, -0.1) is 0 Å². The van der Waals surface area contributed by atoms with Crippen LogP contribution in [0.1, 0.15) is 24.5 Å². The largest absolute Gasteiger partial charge is 0.443 e. The number of hydrogen-bond acceptors (Lipinski definition) is 4. The fraction of sp³-hybridized carbons (Fsp3) is 0.667. The van der Waals surface area contributed by atoms with E-state index >= 15 is 0 Å². The van der Waals surface area contributed by atoms with Gasteiger partial charge in [0.1, 0.15) is 12.4 Å². The summed E-state index contributed by atoms with van der Waals surface area (Å²) in [6, 6.07) is 0. The molecule has 0 aliphatic carbocycles. The summed E-state index contributed by atoms with van der Waals surface area (Å²) in [5.41, 5.74) is 0. The van der Waals surface area contributed by atoms with Crippen LogP contribution >= 0.6 is 11.8 Å². The SMILES string of the molecule is OCc1cnc(CC2CCCS2)o1. The fourth-order valence-corrected chi connectivity index (χ4v) is 2.78. The molecule has 4 heteroatoms. The lowest BCUT2D eigenvalue weighted by Gasteiger charge is -2.03. The van der Waals surface area contributed by atoms with Crippen molar-refractivity contribution in [2.75, 3.05) is 5.75 Å². The molecule has 0 amide bonds. The Kier molecular flexibility index (Phi) is 2.90. The third kappa shape index (κ3) is 2.25. The molecule has 1 fully saturated rings. The fourth-order valence-electron chi connectivity index (χ4n) is 1.52. The highest BCUT2D eigenvalue weighted by Crippen LogP contribution is 2.28. The molecule has 1 N–H and O–H groups in total. The molecule has 1 atom stereocenters. The molecular formula is C9H13NO2S. The second kappa shape index (κ2) is 4.15. The molecule has 72 valence electrons. The van der Waals surface area contributed by atoms with E-state index in [4.69, 9.17) is 9.52 Å². The minimum absolute atomic E-state index is 0.0508. The second-order valence-corrected chi connectivity index (χ2v) is 4.63. The Hall–Kier alpha value is -0.480. The zero-order chi connectivity index (χ0) is 9.10. The summed E-state index contributed by atoms with van der Waals surface area (Å²) in [7, 11) is 0. The first-order valence-electron chi connectivity index (χ1n) is 4.54. The van der Waals surface area contributed by atoms with E-state index in [-0.39, 0.29) is 6.61 Å². The van der Waals surface area contributed by atoms with Gasteiger partial charge in [-0.3, -0.25) is 0 Å². The summed E-state index contributed by atoms with van der Waals surface area (Å²) in [5, 5.41) is 9.44. The monoisotopic (exact) mass is 199 g/mol. The van der Waals surface area contributed by atoms with Gasteiger partial charge in [0.2, 0.25) is 0 Å². The molecule has 3 nitrogen and oxygen atoms in total. The number of hydrogen-bond donors (Lipinski definition) is 1. The molecule has 1 aliphatic heterocycles. The third-order valence-electron chi connectivity index (χ3n) is 2.18. The summed E-state index contributed by atoms with van der Waals surface area (Å²) in [5.74, 6) is 2.60. The smallest absolute Gasteiger partial charge is 0.195 e. The summed E-state index contributed by atoms with van der Waals surface area (Å²) in [4.78, 5) is 4.11. The highest BCUT2D eigenvalue weighted by molar-refractivity contribution is 8.00. The summed E-state index contributed by atoms with van der Waals surface area (Å²) in [6.45, 7) is -0.0508. The van der Waals surface area contributed by atoms with Gasteiger partial charge in [-0.1, -0.05) is 0 Å². The lowest BCUT2D eigenvalue weighted by molar-refractivity contribution is 0.243. The number of thioether (sulfide) groups is 1. The maximum atomic E-state index is 8.77. The molecule has 0 radical (unpaired) electrons. The van der Waals surface area contributed by atoms with Crippen molar-refractivity contribution in [3.63, 3.8) is 0 Å². The van der Waals surface area contributed by atoms with Crippen LogP contribution in [0.4, 0.5) is 0 Å². The predicted molar refractivity (Wildman–Crippen MR) is 51.6 cm³/mol. The van der Waals surface area contributed by atoms with Gasteiger partial charge >= 0.3 is 0 Å². The topological polar surface area (TPSA) is 46.3 Å². The first kappa shape index (κ1) is 9.09. The Morgan fingerprint density at radius 2 is 2.62 bits per heavy atom. The number of oxazole rings is 1. The van der Waals surface area contributed by atoms with Crippen molar-refractivity contribution in [1.82, 2.24) is 4.98 Å². The molecule has 2 rings (SSSR count). The van der Waals surface area contributed by atoms with Crippen LogP contribution in [0.2, 0.25) is 0 Å². The van der Waals surface area contributed by atoms with Gasteiger partial charge in [0.05, 0.1) is 6.20 Å². The van der Waals surface area contributed by atoms with Gasteiger partial charge in [-0.25, -0.2) is 4.98 Å². The third-order valence-corrected chi connectivity index (χ3v) is 3.58.